The van der Waals surface area contributed by atoms with Crippen LogP contribution in [-0.2, 0) is 24.5 Å². The lowest BCUT2D eigenvalue weighted by Crippen LogP contribution is -2.37. The van der Waals surface area contributed by atoms with E-state index in [1.54, 1.807) is 0 Å². The van der Waals surface area contributed by atoms with Crippen molar-refractivity contribution < 1.29 is 4.74 Å². The van der Waals surface area contributed by atoms with Crippen LogP contribution in [0.5, 0.6) is 0 Å². The van der Waals surface area contributed by atoms with Gasteiger partial charge >= 0.3 is 0 Å². The fourth-order valence-corrected chi connectivity index (χ4v) is 2.36. The molecule has 2 aromatic carbocycles. The van der Waals surface area contributed by atoms with E-state index in [9.17, 15) is 0 Å². The standard InChI is InChI=1S/C21H27N3O.HI/c1-3-13-23-21(22-4-2)24-15-19-11-8-12-20(14-19)17-25-16-18-9-6-5-7-10-18;/h3,5-12,14H,1,4,13,15-17H2,2H3,(H2,22,23,24);1H. The van der Waals surface area contributed by atoms with Gasteiger partial charge in [-0.15, -0.1) is 30.6 Å². The highest BCUT2D eigenvalue weighted by Gasteiger charge is 1.99. The SMILES string of the molecule is C=CCNC(=NCc1cccc(COCc2ccccc2)c1)NCC.I. The maximum absolute atomic E-state index is 5.81. The van der Waals surface area contributed by atoms with Gasteiger partial charge in [0.15, 0.2) is 5.96 Å². The first-order valence-corrected chi connectivity index (χ1v) is 8.64. The van der Waals surface area contributed by atoms with E-state index in [2.05, 4.69) is 65.5 Å². The van der Waals surface area contributed by atoms with Gasteiger partial charge in [0.05, 0.1) is 19.8 Å². The van der Waals surface area contributed by atoms with E-state index in [1.807, 2.05) is 24.3 Å². The Morgan fingerprint density at radius 3 is 2.42 bits per heavy atom. The van der Waals surface area contributed by atoms with Crippen molar-refractivity contribution in [2.75, 3.05) is 13.1 Å². The Bertz CT molecular complexity index is 674. The molecule has 5 heteroatoms. The lowest BCUT2D eigenvalue weighted by Gasteiger charge is -2.10. The van der Waals surface area contributed by atoms with Crippen LogP contribution in [0.15, 0.2) is 72.2 Å². The molecule has 0 aliphatic carbocycles. The van der Waals surface area contributed by atoms with Crippen molar-refractivity contribution >= 4 is 29.9 Å². The van der Waals surface area contributed by atoms with Gasteiger partial charge in [-0.25, -0.2) is 4.99 Å². The van der Waals surface area contributed by atoms with Gasteiger partial charge in [-0.3, -0.25) is 0 Å². The molecule has 0 bridgehead atoms. The third kappa shape index (κ3) is 8.49. The third-order valence-corrected chi connectivity index (χ3v) is 3.55. The Hall–Kier alpha value is -1.86. The predicted molar refractivity (Wildman–Crippen MR) is 120 cm³/mol. The maximum atomic E-state index is 5.81. The minimum absolute atomic E-state index is 0. The summed E-state index contributed by atoms with van der Waals surface area (Å²) >= 11 is 0. The Balaban J connectivity index is 0.00000338. The molecule has 0 aliphatic rings. The minimum Gasteiger partial charge on any atom is -0.372 e. The van der Waals surface area contributed by atoms with Gasteiger partial charge in [0.25, 0.3) is 0 Å². The fraction of sp³-hybridized carbons (Fsp3) is 0.286. The predicted octanol–water partition coefficient (Wildman–Crippen LogP) is 4.26. The second kappa shape index (κ2) is 13.4. The number of hydrogen-bond acceptors (Lipinski definition) is 2. The number of guanidine groups is 1. The Labute approximate surface area is 173 Å². The smallest absolute Gasteiger partial charge is 0.191 e. The molecular formula is C21H28IN3O. The molecule has 0 unspecified atom stereocenters. The van der Waals surface area contributed by atoms with E-state index >= 15 is 0 Å². The minimum atomic E-state index is 0. The first-order valence-electron chi connectivity index (χ1n) is 8.64. The molecule has 0 aliphatic heterocycles. The van der Waals surface area contributed by atoms with E-state index in [4.69, 9.17) is 4.74 Å². The van der Waals surface area contributed by atoms with Crippen LogP contribution in [0.3, 0.4) is 0 Å². The average molecular weight is 465 g/mol. The van der Waals surface area contributed by atoms with Crippen molar-refractivity contribution in [3.05, 3.63) is 83.9 Å². The molecule has 0 amide bonds. The van der Waals surface area contributed by atoms with Gasteiger partial charge in [-0.05, 0) is 23.6 Å². The van der Waals surface area contributed by atoms with Crippen LogP contribution in [-0.4, -0.2) is 19.0 Å². The van der Waals surface area contributed by atoms with Crippen molar-refractivity contribution in [1.29, 1.82) is 0 Å². The summed E-state index contributed by atoms with van der Waals surface area (Å²) < 4.78 is 5.81. The molecule has 0 saturated carbocycles. The molecular weight excluding hydrogens is 437 g/mol. The molecule has 2 aromatic rings. The molecule has 2 N–H and O–H groups in total. The van der Waals surface area contributed by atoms with E-state index in [0.717, 1.165) is 23.6 Å². The number of nitrogens with zero attached hydrogens (tertiary/aromatic N) is 1. The van der Waals surface area contributed by atoms with E-state index in [0.29, 0.717) is 26.3 Å². The zero-order chi connectivity index (χ0) is 17.7. The van der Waals surface area contributed by atoms with Crippen molar-refractivity contribution in [3.63, 3.8) is 0 Å². The van der Waals surface area contributed by atoms with Gasteiger partial charge in [-0.2, -0.15) is 0 Å². The molecule has 0 atom stereocenters. The van der Waals surface area contributed by atoms with E-state index < -0.39 is 0 Å². The summed E-state index contributed by atoms with van der Waals surface area (Å²) in [6.45, 7) is 9.14. The molecule has 4 nitrogen and oxygen atoms in total. The zero-order valence-electron chi connectivity index (χ0n) is 15.3. The van der Waals surface area contributed by atoms with Crippen LogP contribution in [0.1, 0.15) is 23.6 Å². The van der Waals surface area contributed by atoms with Crippen LogP contribution in [0.25, 0.3) is 0 Å². The van der Waals surface area contributed by atoms with Gasteiger partial charge in [0.2, 0.25) is 0 Å². The second-order valence-electron chi connectivity index (χ2n) is 5.66. The van der Waals surface area contributed by atoms with Gasteiger partial charge in [0.1, 0.15) is 0 Å². The van der Waals surface area contributed by atoms with Crippen molar-refractivity contribution in [1.82, 2.24) is 10.6 Å². The molecule has 0 radical (unpaired) electrons. The highest BCUT2D eigenvalue weighted by atomic mass is 127. The molecule has 140 valence electrons. The molecule has 26 heavy (non-hydrogen) atoms. The number of nitrogens with one attached hydrogen (secondary N) is 2. The molecule has 0 spiro atoms. The van der Waals surface area contributed by atoms with Crippen molar-refractivity contribution in [2.24, 2.45) is 4.99 Å². The number of ether oxygens (including phenoxy) is 1. The van der Waals surface area contributed by atoms with Gasteiger partial charge in [0, 0.05) is 13.1 Å². The largest absolute Gasteiger partial charge is 0.372 e. The lowest BCUT2D eigenvalue weighted by molar-refractivity contribution is 0.107. The lowest BCUT2D eigenvalue weighted by atomic mass is 10.1. The molecule has 0 heterocycles. The highest BCUT2D eigenvalue weighted by molar-refractivity contribution is 14.0. The summed E-state index contributed by atoms with van der Waals surface area (Å²) in [4.78, 5) is 4.60. The summed E-state index contributed by atoms with van der Waals surface area (Å²) in [7, 11) is 0. The Morgan fingerprint density at radius 2 is 1.69 bits per heavy atom. The molecule has 0 saturated heterocycles. The molecule has 0 fully saturated rings. The first-order chi connectivity index (χ1) is 12.3. The summed E-state index contributed by atoms with van der Waals surface area (Å²) in [5.41, 5.74) is 3.51. The summed E-state index contributed by atoms with van der Waals surface area (Å²) in [5.74, 6) is 0.799. The van der Waals surface area contributed by atoms with Crippen LogP contribution in [0.4, 0.5) is 0 Å². The van der Waals surface area contributed by atoms with Crippen molar-refractivity contribution in [2.45, 2.75) is 26.7 Å². The quantitative estimate of drug-likeness (QED) is 0.252. The molecule has 2 rings (SSSR count). The zero-order valence-corrected chi connectivity index (χ0v) is 17.6. The monoisotopic (exact) mass is 465 g/mol. The Kier molecular flexibility index (Phi) is 11.4. The average Bonchev–Trinajstić information content (AvgIpc) is 2.65. The van der Waals surface area contributed by atoms with E-state index in [-0.39, 0.29) is 24.0 Å². The summed E-state index contributed by atoms with van der Waals surface area (Å²) in [5, 5.41) is 6.42. The highest BCUT2D eigenvalue weighted by Crippen LogP contribution is 2.09. The maximum Gasteiger partial charge on any atom is 0.191 e. The number of benzene rings is 2. The third-order valence-electron chi connectivity index (χ3n) is 3.55. The summed E-state index contributed by atoms with van der Waals surface area (Å²) in [6.07, 6.45) is 1.82. The van der Waals surface area contributed by atoms with Crippen LogP contribution in [0.2, 0.25) is 0 Å². The number of hydrogen-bond donors (Lipinski definition) is 2. The number of halogens is 1. The fourth-order valence-electron chi connectivity index (χ4n) is 2.36. The molecule has 0 aromatic heterocycles. The normalized spacial score (nSPS) is 10.7. The second-order valence-corrected chi connectivity index (χ2v) is 5.66. The van der Waals surface area contributed by atoms with E-state index in [1.165, 1.54) is 5.56 Å². The topological polar surface area (TPSA) is 45.7 Å². The van der Waals surface area contributed by atoms with Crippen molar-refractivity contribution in [3.8, 4) is 0 Å². The number of rotatable bonds is 9. The van der Waals surface area contributed by atoms with Crippen LogP contribution >= 0.6 is 24.0 Å². The van der Waals surface area contributed by atoms with Crippen LogP contribution in [0, 0.1) is 0 Å². The number of aliphatic imine (C=N–C) groups is 1. The van der Waals surface area contributed by atoms with Gasteiger partial charge in [-0.1, -0.05) is 60.7 Å². The van der Waals surface area contributed by atoms with Gasteiger partial charge < -0.3 is 15.4 Å². The summed E-state index contributed by atoms with van der Waals surface area (Å²) in [6, 6.07) is 18.6. The first kappa shape index (κ1) is 22.2. The van der Waals surface area contributed by atoms with Crippen LogP contribution < -0.4 is 10.6 Å². The Morgan fingerprint density at radius 1 is 1.00 bits per heavy atom.